The Balaban J connectivity index is 1.21. The first-order chi connectivity index (χ1) is 16.9. The number of carbonyl (C=O) groups excluding carboxylic acids is 1. The number of aromatic nitrogens is 1. The first-order valence-electron chi connectivity index (χ1n) is 11.1. The molecule has 0 saturated heterocycles. The normalized spacial score (nSPS) is 14.2. The van der Waals surface area contributed by atoms with Crippen LogP contribution in [0.1, 0.15) is 28.7 Å². The molecule has 5 rings (SSSR count). The molecule has 3 aromatic carbocycles. The molecule has 4 aromatic rings. The second kappa shape index (κ2) is 9.21. The third kappa shape index (κ3) is 4.23. The zero-order valence-electron chi connectivity index (χ0n) is 18.5. The molecule has 1 aromatic heterocycles. The molecule has 35 heavy (non-hydrogen) atoms. The number of non-ortho nitro benzene ring substituents is 1. The van der Waals surface area contributed by atoms with Gasteiger partial charge < -0.3 is 25.3 Å². The molecular weight excluding hydrogens is 450 g/mol. The minimum absolute atomic E-state index is 0.0920. The van der Waals surface area contributed by atoms with E-state index in [1.54, 1.807) is 0 Å². The number of aromatic amines is 1. The van der Waals surface area contributed by atoms with Gasteiger partial charge in [-0.1, -0.05) is 48.5 Å². The fraction of sp³-hybridized carbons (Fsp3) is 0.192. The van der Waals surface area contributed by atoms with Crippen molar-refractivity contribution in [3.63, 3.8) is 0 Å². The fourth-order valence-corrected chi connectivity index (χ4v) is 4.64. The molecule has 0 spiro atoms. The summed E-state index contributed by atoms with van der Waals surface area (Å²) in [6.07, 6.45) is -1.96. The second-order valence-corrected chi connectivity index (χ2v) is 8.45. The van der Waals surface area contributed by atoms with E-state index in [0.717, 1.165) is 22.3 Å². The van der Waals surface area contributed by atoms with E-state index in [4.69, 9.17) is 4.74 Å². The van der Waals surface area contributed by atoms with Crippen molar-refractivity contribution in [3.8, 4) is 11.1 Å². The lowest BCUT2D eigenvalue weighted by molar-refractivity contribution is -0.384. The SMILES string of the molecule is O=C(NCC(O)C(O)c1c[nH]c2ccc([N+](=O)[O-])cc12)OCC1c2ccccc2-c2ccccc21. The summed E-state index contributed by atoms with van der Waals surface area (Å²) in [7, 11) is 0. The summed E-state index contributed by atoms with van der Waals surface area (Å²) in [5.41, 5.74) is 5.17. The van der Waals surface area contributed by atoms with Crippen LogP contribution in [0.2, 0.25) is 0 Å². The highest BCUT2D eigenvalue weighted by molar-refractivity contribution is 5.86. The van der Waals surface area contributed by atoms with E-state index in [1.165, 1.54) is 24.4 Å². The van der Waals surface area contributed by atoms with Gasteiger partial charge in [-0.3, -0.25) is 10.1 Å². The summed E-state index contributed by atoms with van der Waals surface area (Å²) < 4.78 is 5.45. The Hall–Kier alpha value is -4.21. The molecule has 9 nitrogen and oxygen atoms in total. The molecule has 4 N–H and O–H groups in total. The summed E-state index contributed by atoms with van der Waals surface area (Å²) >= 11 is 0. The predicted octanol–water partition coefficient (Wildman–Crippen LogP) is 4.01. The number of ether oxygens (including phenoxy) is 1. The third-order valence-corrected chi connectivity index (χ3v) is 6.39. The zero-order chi connectivity index (χ0) is 24.5. The van der Waals surface area contributed by atoms with Crippen molar-refractivity contribution in [2.24, 2.45) is 0 Å². The van der Waals surface area contributed by atoms with Gasteiger partial charge in [-0.25, -0.2) is 4.79 Å². The number of nitrogens with zero attached hydrogens (tertiary/aromatic N) is 1. The van der Waals surface area contributed by atoms with Gasteiger partial charge in [0.1, 0.15) is 18.8 Å². The van der Waals surface area contributed by atoms with Crippen molar-refractivity contribution in [2.75, 3.05) is 13.2 Å². The number of aliphatic hydroxyl groups excluding tert-OH is 2. The molecule has 0 radical (unpaired) electrons. The van der Waals surface area contributed by atoms with Gasteiger partial charge in [0.25, 0.3) is 5.69 Å². The van der Waals surface area contributed by atoms with E-state index >= 15 is 0 Å². The lowest BCUT2D eigenvalue weighted by Gasteiger charge is -2.19. The van der Waals surface area contributed by atoms with E-state index in [1.807, 2.05) is 48.5 Å². The average molecular weight is 473 g/mol. The van der Waals surface area contributed by atoms with Gasteiger partial charge in [0.05, 0.1) is 4.92 Å². The Labute approximate surface area is 200 Å². The highest BCUT2D eigenvalue weighted by atomic mass is 16.6. The second-order valence-electron chi connectivity index (χ2n) is 8.45. The Kier molecular flexibility index (Phi) is 5.94. The van der Waals surface area contributed by atoms with Gasteiger partial charge in [-0.15, -0.1) is 0 Å². The van der Waals surface area contributed by atoms with Crippen LogP contribution >= 0.6 is 0 Å². The van der Waals surface area contributed by atoms with Gasteiger partial charge in [0.15, 0.2) is 0 Å². The summed E-state index contributed by atoms with van der Waals surface area (Å²) in [5, 5.41) is 35.0. The Morgan fingerprint density at radius 2 is 1.71 bits per heavy atom. The van der Waals surface area contributed by atoms with Crippen molar-refractivity contribution < 1.29 is 24.7 Å². The van der Waals surface area contributed by atoms with E-state index in [0.29, 0.717) is 16.5 Å². The Bertz CT molecular complexity index is 1370. The largest absolute Gasteiger partial charge is 0.449 e. The minimum Gasteiger partial charge on any atom is -0.449 e. The van der Waals surface area contributed by atoms with Crippen LogP contribution in [0.5, 0.6) is 0 Å². The zero-order valence-corrected chi connectivity index (χ0v) is 18.5. The van der Waals surface area contributed by atoms with Gasteiger partial charge in [0, 0.05) is 47.3 Å². The Morgan fingerprint density at radius 1 is 1.06 bits per heavy atom. The van der Waals surface area contributed by atoms with E-state index < -0.39 is 23.2 Å². The molecule has 9 heteroatoms. The monoisotopic (exact) mass is 473 g/mol. The van der Waals surface area contributed by atoms with Gasteiger partial charge in [-0.2, -0.15) is 0 Å². The molecular formula is C26H23N3O6. The first-order valence-corrected chi connectivity index (χ1v) is 11.1. The number of benzene rings is 3. The van der Waals surface area contributed by atoms with Crippen LogP contribution in [0.25, 0.3) is 22.0 Å². The first kappa shape index (κ1) is 22.6. The van der Waals surface area contributed by atoms with Gasteiger partial charge in [0.2, 0.25) is 0 Å². The number of rotatable bonds is 7. The number of carbonyl (C=O) groups is 1. The van der Waals surface area contributed by atoms with Crippen LogP contribution in [0.3, 0.4) is 0 Å². The van der Waals surface area contributed by atoms with Crippen molar-refractivity contribution in [1.82, 2.24) is 10.3 Å². The van der Waals surface area contributed by atoms with Crippen LogP contribution in [0.4, 0.5) is 10.5 Å². The number of H-pyrrole nitrogens is 1. The maximum absolute atomic E-state index is 12.4. The van der Waals surface area contributed by atoms with Crippen molar-refractivity contribution in [2.45, 2.75) is 18.1 Å². The number of aliphatic hydroxyl groups is 2. The highest BCUT2D eigenvalue weighted by Gasteiger charge is 2.29. The average Bonchev–Trinajstić information content (AvgIpc) is 3.44. The van der Waals surface area contributed by atoms with Crippen LogP contribution in [0, 0.1) is 10.1 Å². The van der Waals surface area contributed by atoms with Crippen LogP contribution in [-0.4, -0.2) is 45.5 Å². The molecule has 178 valence electrons. The van der Waals surface area contributed by atoms with Crippen LogP contribution in [-0.2, 0) is 4.74 Å². The molecule has 2 unspecified atom stereocenters. The number of amides is 1. The van der Waals surface area contributed by atoms with E-state index in [-0.39, 0.29) is 24.8 Å². The summed E-state index contributed by atoms with van der Waals surface area (Å²) in [5.74, 6) is -0.0920. The molecule has 0 bridgehead atoms. The van der Waals surface area contributed by atoms with Crippen molar-refractivity contribution in [3.05, 3.63) is 99.7 Å². The number of nitro benzene ring substituents is 1. The molecule has 1 heterocycles. The fourth-order valence-electron chi connectivity index (χ4n) is 4.64. The molecule has 1 aliphatic carbocycles. The quantitative estimate of drug-likeness (QED) is 0.236. The molecule has 2 atom stereocenters. The number of fused-ring (bicyclic) bond motifs is 4. The standard InChI is InChI=1S/C26H23N3O6/c30-24(25(31)21-12-27-23-10-9-15(29(33)34)11-20(21)23)13-28-26(32)35-14-22-18-7-3-1-5-16(18)17-6-2-4-8-19(17)22/h1-12,22,24-25,27,30-31H,13-14H2,(H,28,32). The van der Waals surface area contributed by atoms with Crippen LogP contribution < -0.4 is 5.32 Å². The van der Waals surface area contributed by atoms with E-state index in [2.05, 4.69) is 10.3 Å². The molecule has 1 aliphatic rings. The minimum atomic E-state index is -1.38. The van der Waals surface area contributed by atoms with Crippen molar-refractivity contribution in [1.29, 1.82) is 0 Å². The summed E-state index contributed by atoms with van der Waals surface area (Å²) in [4.78, 5) is 25.8. The highest BCUT2D eigenvalue weighted by Crippen LogP contribution is 2.44. The van der Waals surface area contributed by atoms with Gasteiger partial charge in [-0.05, 0) is 28.3 Å². The van der Waals surface area contributed by atoms with E-state index in [9.17, 15) is 25.1 Å². The van der Waals surface area contributed by atoms with Gasteiger partial charge >= 0.3 is 6.09 Å². The van der Waals surface area contributed by atoms with Crippen molar-refractivity contribution >= 4 is 22.7 Å². The number of hydrogen-bond acceptors (Lipinski definition) is 6. The topological polar surface area (TPSA) is 138 Å². The molecule has 1 amide bonds. The number of hydrogen-bond donors (Lipinski definition) is 4. The lowest BCUT2D eigenvalue weighted by Crippen LogP contribution is -2.36. The maximum Gasteiger partial charge on any atom is 0.407 e. The van der Waals surface area contributed by atoms with Crippen LogP contribution in [0.15, 0.2) is 72.9 Å². The summed E-state index contributed by atoms with van der Waals surface area (Å²) in [6, 6.07) is 20.2. The molecule has 0 aliphatic heterocycles. The number of alkyl carbamates (subject to hydrolysis) is 1. The summed E-state index contributed by atoms with van der Waals surface area (Å²) in [6.45, 7) is -0.135. The molecule has 0 saturated carbocycles. The third-order valence-electron chi connectivity index (χ3n) is 6.39. The number of nitrogens with one attached hydrogen (secondary N) is 2. The predicted molar refractivity (Wildman–Crippen MR) is 129 cm³/mol. The Morgan fingerprint density at radius 3 is 2.37 bits per heavy atom. The maximum atomic E-state index is 12.4. The molecule has 0 fully saturated rings. The lowest BCUT2D eigenvalue weighted by atomic mass is 9.98. The smallest absolute Gasteiger partial charge is 0.407 e. The number of nitro groups is 1.